The van der Waals surface area contributed by atoms with Gasteiger partial charge in [-0.15, -0.1) is 23.7 Å². The SMILES string of the molecule is Cc1nc(SCC(=O)c2ccc(CN)s2)c2cccnc2n1.Cl. The van der Waals surface area contributed by atoms with Gasteiger partial charge in [-0.3, -0.25) is 4.79 Å². The average molecular weight is 367 g/mol. The van der Waals surface area contributed by atoms with Crippen LogP contribution in [0, 0.1) is 6.92 Å². The highest BCUT2D eigenvalue weighted by molar-refractivity contribution is 8.00. The Morgan fingerprint density at radius 1 is 1.30 bits per heavy atom. The van der Waals surface area contributed by atoms with Gasteiger partial charge in [-0.2, -0.15) is 0 Å². The zero-order chi connectivity index (χ0) is 15.5. The largest absolute Gasteiger partial charge is 0.326 e. The number of nitrogens with zero attached hydrogens (tertiary/aromatic N) is 3. The number of rotatable bonds is 5. The second-order valence-electron chi connectivity index (χ2n) is 4.63. The van der Waals surface area contributed by atoms with Gasteiger partial charge in [0.15, 0.2) is 11.4 Å². The highest BCUT2D eigenvalue weighted by Gasteiger charge is 2.13. The molecule has 3 aromatic rings. The number of hydrogen-bond donors (Lipinski definition) is 1. The van der Waals surface area contributed by atoms with Gasteiger partial charge in [-0.05, 0) is 31.2 Å². The number of aromatic nitrogens is 3. The molecular weight excluding hydrogens is 352 g/mol. The Balaban J connectivity index is 0.00000192. The lowest BCUT2D eigenvalue weighted by molar-refractivity contribution is 0.102. The first-order valence-electron chi connectivity index (χ1n) is 6.71. The van der Waals surface area contributed by atoms with Crippen molar-refractivity contribution in [3.63, 3.8) is 0 Å². The predicted molar refractivity (Wildman–Crippen MR) is 96.6 cm³/mol. The second kappa shape index (κ2) is 7.83. The summed E-state index contributed by atoms with van der Waals surface area (Å²) in [6.07, 6.45) is 1.70. The van der Waals surface area contributed by atoms with Crippen molar-refractivity contribution in [2.24, 2.45) is 5.73 Å². The van der Waals surface area contributed by atoms with Crippen molar-refractivity contribution in [3.8, 4) is 0 Å². The number of carbonyl (C=O) groups excluding carboxylic acids is 1. The van der Waals surface area contributed by atoms with Crippen molar-refractivity contribution in [1.82, 2.24) is 15.0 Å². The van der Waals surface area contributed by atoms with E-state index in [2.05, 4.69) is 15.0 Å². The molecule has 8 heteroatoms. The Morgan fingerprint density at radius 3 is 2.87 bits per heavy atom. The minimum Gasteiger partial charge on any atom is -0.326 e. The summed E-state index contributed by atoms with van der Waals surface area (Å²) >= 11 is 2.87. The van der Waals surface area contributed by atoms with Crippen LogP contribution in [-0.4, -0.2) is 26.5 Å². The van der Waals surface area contributed by atoms with Crippen molar-refractivity contribution in [1.29, 1.82) is 0 Å². The number of fused-ring (bicyclic) bond motifs is 1. The molecule has 0 atom stereocenters. The van der Waals surface area contributed by atoms with E-state index in [0.29, 0.717) is 23.8 Å². The molecule has 0 fully saturated rings. The Labute approximate surface area is 148 Å². The molecule has 0 aromatic carbocycles. The van der Waals surface area contributed by atoms with Gasteiger partial charge in [0.1, 0.15) is 10.9 Å². The first-order valence-corrected chi connectivity index (χ1v) is 8.51. The monoisotopic (exact) mass is 366 g/mol. The van der Waals surface area contributed by atoms with E-state index < -0.39 is 0 Å². The Hall–Kier alpha value is -1.54. The van der Waals surface area contributed by atoms with Gasteiger partial charge < -0.3 is 5.73 Å². The van der Waals surface area contributed by atoms with Gasteiger partial charge in [-0.25, -0.2) is 15.0 Å². The highest BCUT2D eigenvalue weighted by Crippen LogP contribution is 2.26. The number of nitrogens with two attached hydrogens (primary N) is 1. The summed E-state index contributed by atoms with van der Waals surface area (Å²) in [4.78, 5) is 27.0. The summed E-state index contributed by atoms with van der Waals surface area (Å²) < 4.78 is 0. The summed E-state index contributed by atoms with van der Waals surface area (Å²) in [5.41, 5.74) is 6.24. The second-order valence-corrected chi connectivity index (χ2v) is 6.76. The number of thiophene rings is 1. The number of pyridine rings is 1. The minimum absolute atomic E-state index is 0. The normalized spacial score (nSPS) is 10.5. The van der Waals surface area contributed by atoms with Crippen LogP contribution in [-0.2, 0) is 6.54 Å². The summed E-state index contributed by atoms with van der Waals surface area (Å²) in [5, 5.41) is 1.67. The molecule has 0 bridgehead atoms. The first-order chi connectivity index (χ1) is 10.7. The average Bonchev–Trinajstić information content (AvgIpc) is 3.01. The molecule has 3 heterocycles. The van der Waals surface area contributed by atoms with E-state index >= 15 is 0 Å². The van der Waals surface area contributed by atoms with E-state index in [4.69, 9.17) is 5.73 Å². The third-order valence-corrected chi connectivity index (χ3v) is 5.17. The van der Waals surface area contributed by atoms with Crippen LogP contribution in [0.1, 0.15) is 20.4 Å². The number of hydrogen-bond acceptors (Lipinski definition) is 7. The minimum atomic E-state index is 0. The van der Waals surface area contributed by atoms with Crippen LogP contribution >= 0.6 is 35.5 Å². The maximum Gasteiger partial charge on any atom is 0.183 e. The van der Waals surface area contributed by atoms with E-state index in [9.17, 15) is 4.79 Å². The van der Waals surface area contributed by atoms with Crippen LogP contribution in [0.15, 0.2) is 35.5 Å². The molecule has 0 saturated heterocycles. The molecule has 0 aliphatic heterocycles. The van der Waals surface area contributed by atoms with Crippen LogP contribution in [0.2, 0.25) is 0 Å². The third-order valence-electron chi connectivity index (χ3n) is 3.03. The van der Waals surface area contributed by atoms with Gasteiger partial charge in [-0.1, -0.05) is 11.8 Å². The molecular formula is C15H15ClN4OS2. The van der Waals surface area contributed by atoms with E-state index in [1.807, 2.05) is 31.2 Å². The van der Waals surface area contributed by atoms with Gasteiger partial charge in [0, 0.05) is 17.6 Å². The van der Waals surface area contributed by atoms with E-state index in [0.717, 1.165) is 20.2 Å². The molecule has 0 radical (unpaired) electrons. The summed E-state index contributed by atoms with van der Waals surface area (Å²) in [6.45, 7) is 2.29. The van der Waals surface area contributed by atoms with Gasteiger partial charge >= 0.3 is 0 Å². The summed E-state index contributed by atoms with van der Waals surface area (Å²) in [5.74, 6) is 1.08. The molecule has 0 spiro atoms. The lowest BCUT2D eigenvalue weighted by atomic mass is 10.3. The molecule has 0 amide bonds. The molecule has 0 aliphatic carbocycles. The number of Topliss-reactive ketones (excluding diaryl/α,β-unsaturated/α-hetero) is 1. The molecule has 5 nitrogen and oxygen atoms in total. The Morgan fingerprint density at radius 2 is 2.13 bits per heavy atom. The predicted octanol–water partition coefficient (Wildman–Crippen LogP) is 3.25. The fraction of sp³-hybridized carbons (Fsp3) is 0.200. The van der Waals surface area contributed by atoms with Crippen LogP contribution in [0.4, 0.5) is 0 Å². The molecule has 3 aromatic heterocycles. The van der Waals surface area contributed by atoms with Gasteiger partial charge in [0.05, 0.1) is 16.0 Å². The fourth-order valence-electron chi connectivity index (χ4n) is 1.99. The number of ketones is 1. The number of aryl methyl sites for hydroxylation is 1. The smallest absolute Gasteiger partial charge is 0.183 e. The number of carbonyl (C=O) groups is 1. The Bertz CT molecular complexity index is 837. The zero-order valence-corrected chi connectivity index (χ0v) is 14.8. The Kier molecular flexibility index (Phi) is 6.06. The number of thioether (sulfide) groups is 1. The molecule has 120 valence electrons. The summed E-state index contributed by atoms with van der Waals surface area (Å²) in [7, 11) is 0. The van der Waals surface area contributed by atoms with E-state index in [1.165, 1.54) is 23.1 Å². The maximum absolute atomic E-state index is 12.3. The standard InChI is InChI=1S/C15H14N4OS2.ClH/c1-9-18-14-11(3-2-6-17-14)15(19-9)21-8-12(20)13-5-4-10(7-16)22-13;/h2-6H,7-8,16H2,1H3;1H. The first kappa shape index (κ1) is 17.8. The maximum atomic E-state index is 12.3. The lowest BCUT2D eigenvalue weighted by Crippen LogP contribution is -2.01. The van der Waals surface area contributed by atoms with Crippen LogP contribution in [0.3, 0.4) is 0 Å². The highest BCUT2D eigenvalue weighted by atomic mass is 35.5. The van der Waals surface area contributed by atoms with Crippen molar-refractivity contribution < 1.29 is 4.79 Å². The lowest BCUT2D eigenvalue weighted by Gasteiger charge is -2.05. The molecule has 3 rings (SSSR count). The fourth-order valence-corrected chi connectivity index (χ4v) is 3.84. The number of halogens is 1. The summed E-state index contributed by atoms with van der Waals surface area (Å²) in [6, 6.07) is 7.50. The molecule has 0 unspecified atom stereocenters. The van der Waals surface area contributed by atoms with E-state index in [-0.39, 0.29) is 18.2 Å². The molecule has 2 N–H and O–H groups in total. The molecule has 23 heavy (non-hydrogen) atoms. The van der Waals surface area contributed by atoms with Crippen LogP contribution in [0.25, 0.3) is 11.0 Å². The van der Waals surface area contributed by atoms with Crippen molar-refractivity contribution in [3.05, 3.63) is 46.0 Å². The van der Waals surface area contributed by atoms with Gasteiger partial charge in [0.25, 0.3) is 0 Å². The van der Waals surface area contributed by atoms with Gasteiger partial charge in [0.2, 0.25) is 0 Å². The third kappa shape index (κ3) is 4.06. The zero-order valence-electron chi connectivity index (χ0n) is 12.4. The molecule has 0 saturated carbocycles. The van der Waals surface area contributed by atoms with Crippen molar-refractivity contribution >= 4 is 52.3 Å². The topological polar surface area (TPSA) is 81.8 Å². The van der Waals surface area contributed by atoms with Crippen LogP contribution < -0.4 is 5.73 Å². The molecule has 0 aliphatic rings. The van der Waals surface area contributed by atoms with Crippen molar-refractivity contribution in [2.75, 3.05) is 5.75 Å². The van der Waals surface area contributed by atoms with Crippen molar-refractivity contribution in [2.45, 2.75) is 18.5 Å². The van der Waals surface area contributed by atoms with E-state index in [1.54, 1.807) is 6.20 Å². The van der Waals surface area contributed by atoms with Crippen LogP contribution in [0.5, 0.6) is 0 Å². The quantitative estimate of drug-likeness (QED) is 0.424.